The maximum atomic E-state index is 14.1. The van der Waals surface area contributed by atoms with Crippen LogP contribution in [0.2, 0.25) is 0 Å². The lowest BCUT2D eigenvalue weighted by Gasteiger charge is -2.28. The highest BCUT2D eigenvalue weighted by Crippen LogP contribution is 2.30. The van der Waals surface area contributed by atoms with Gasteiger partial charge in [-0.3, -0.25) is 4.72 Å². The zero-order valence-corrected chi connectivity index (χ0v) is 19.6. The molecule has 0 aliphatic carbocycles. The Balaban J connectivity index is 1.56. The molecule has 0 saturated carbocycles. The van der Waals surface area contributed by atoms with Gasteiger partial charge in [0.05, 0.1) is 11.5 Å². The van der Waals surface area contributed by atoms with Crippen molar-refractivity contribution in [2.45, 2.75) is 29.0 Å². The van der Waals surface area contributed by atoms with E-state index in [2.05, 4.69) is 4.72 Å². The third-order valence-electron chi connectivity index (χ3n) is 5.04. The van der Waals surface area contributed by atoms with Crippen molar-refractivity contribution in [1.29, 1.82) is 0 Å². The minimum Gasteiger partial charge on any atom is -0.491 e. The number of hydrogen-bond donors (Lipinski definition) is 1. The van der Waals surface area contributed by atoms with E-state index in [-0.39, 0.29) is 33.7 Å². The highest BCUT2D eigenvalue weighted by atomic mass is 32.2. The van der Waals surface area contributed by atoms with Crippen LogP contribution < -0.4 is 9.46 Å². The van der Waals surface area contributed by atoms with Crippen molar-refractivity contribution >= 4 is 37.1 Å². The number of thiophene rings is 1. The topological polar surface area (TPSA) is 92.8 Å². The lowest BCUT2D eigenvalue weighted by Crippen LogP contribution is -2.35. The Bertz CT molecular complexity index is 1340. The lowest BCUT2D eigenvalue weighted by atomic mass is 10.0. The first-order valence-electron chi connectivity index (χ1n) is 9.81. The van der Waals surface area contributed by atoms with E-state index in [9.17, 15) is 21.2 Å². The Hall–Kier alpha value is -2.47. The number of ether oxygens (including phenoxy) is 1. The number of fused-ring (bicyclic) bond motifs is 1. The first kappa shape index (κ1) is 22.7. The van der Waals surface area contributed by atoms with Crippen molar-refractivity contribution in [3.05, 3.63) is 70.9 Å². The van der Waals surface area contributed by atoms with Gasteiger partial charge in [0.2, 0.25) is 0 Å². The van der Waals surface area contributed by atoms with E-state index in [0.717, 1.165) is 28.5 Å². The van der Waals surface area contributed by atoms with E-state index in [1.807, 2.05) is 0 Å². The molecule has 4 rings (SSSR count). The molecule has 11 heteroatoms. The number of nitrogens with zero attached hydrogens (tertiary/aromatic N) is 1. The molecule has 1 aliphatic rings. The largest absolute Gasteiger partial charge is 0.491 e. The molecule has 0 radical (unpaired) electrons. The minimum atomic E-state index is -4.05. The van der Waals surface area contributed by atoms with Gasteiger partial charge >= 0.3 is 0 Å². The Labute approximate surface area is 190 Å². The number of sulfonamides is 2. The molecule has 2 aromatic carbocycles. The van der Waals surface area contributed by atoms with Crippen molar-refractivity contribution in [2.75, 3.05) is 17.9 Å². The average Bonchev–Trinajstić information content (AvgIpc) is 3.30. The molecule has 0 unspecified atom stereocenters. The molecule has 0 spiro atoms. The molecule has 32 heavy (non-hydrogen) atoms. The Morgan fingerprint density at radius 3 is 2.59 bits per heavy atom. The zero-order valence-electron chi connectivity index (χ0n) is 17.1. The van der Waals surface area contributed by atoms with Crippen LogP contribution in [0, 0.1) is 5.82 Å². The fourth-order valence-corrected chi connectivity index (χ4v) is 7.10. The fourth-order valence-electron chi connectivity index (χ4n) is 3.47. The molecule has 7 nitrogen and oxygen atoms in total. The summed E-state index contributed by atoms with van der Waals surface area (Å²) >= 11 is 1.16. The molecule has 0 bridgehead atoms. The van der Waals surface area contributed by atoms with Crippen LogP contribution in [0.3, 0.4) is 0 Å². The highest BCUT2D eigenvalue weighted by molar-refractivity contribution is 7.92. The standard InChI is InChI=1S/C21H21FN2O5S3/c1-2-29-20-8-7-18(13-19(20)22)31(25,26)23-17-6-5-15-9-10-24(14-16(15)12-17)32(27,28)21-4-3-11-30-21/h3-8,11-13,23H,2,9-10,14H2,1H3. The molecule has 0 amide bonds. The fraction of sp³-hybridized carbons (Fsp3) is 0.238. The first-order chi connectivity index (χ1) is 15.2. The quantitative estimate of drug-likeness (QED) is 0.537. The Morgan fingerprint density at radius 1 is 1.09 bits per heavy atom. The van der Waals surface area contributed by atoms with Crippen LogP contribution >= 0.6 is 11.3 Å². The van der Waals surface area contributed by atoms with Crippen molar-refractivity contribution in [2.24, 2.45) is 0 Å². The number of halogens is 1. The first-order valence-corrected chi connectivity index (χ1v) is 13.6. The predicted molar refractivity (Wildman–Crippen MR) is 120 cm³/mol. The van der Waals surface area contributed by atoms with Gasteiger partial charge in [-0.2, -0.15) is 4.31 Å². The monoisotopic (exact) mass is 496 g/mol. The minimum absolute atomic E-state index is 0.0210. The van der Waals surface area contributed by atoms with Gasteiger partial charge in [-0.05, 0) is 66.2 Å². The summed E-state index contributed by atoms with van der Waals surface area (Å²) in [5.74, 6) is -0.790. The second kappa shape index (κ2) is 8.81. The summed E-state index contributed by atoms with van der Waals surface area (Å²) in [7, 11) is -7.65. The molecular formula is C21H21FN2O5S3. The van der Waals surface area contributed by atoms with Crippen LogP contribution in [-0.2, 0) is 33.0 Å². The molecule has 0 fully saturated rings. The second-order valence-corrected chi connectivity index (χ2v) is 11.9. The normalized spacial score (nSPS) is 14.7. The Morgan fingerprint density at radius 2 is 1.91 bits per heavy atom. The van der Waals surface area contributed by atoms with Crippen molar-refractivity contribution in [3.63, 3.8) is 0 Å². The smallest absolute Gasteiger partial charge is 0.262 e. The molecule has 1 aromatic heterocycles. The van der Waals surface area contributed by atoms with Crippen LogP contribution in [-0.4, -0.2) is 34.3 Å². The molecule has 3 aromatic rings. The van der Waals surface area contributed by atoms with Gasteiger partial charge in [0.25, 0.3) is 20.0 Å². The van der Waals surface area contributed by atoms with E-state index in [0.29, 0.717) is 13.0 Å². The number of benzene rings is 2. The van der Waals surface area contributed by atoms with Gasteiger partial charge in [-0.1, -0.05) is 12.1 Å². The van der Waals surface area contributed by atoms with E-state index >= 15 is 0 Å². The lowest BCUT2D eigenvalue weighted by molar-refractivity contribution is 0.321. The number of anilines is 1. The molecular weight excluding hydrogens is 475 g/mol. The number of nitrogens with one attached hydrogen (secondary N) is 1. The maximum Gasteiger partial charge on any atom is 0.262 e. The predicted octanol–water partition coefficient (Wildman–Crippen LogP) is 3.83. The Kier molecular flexibility index (Phi) is 6.26. The van der Waals surface area contributed by atoms with Gasteiger partial charge in [-0.25, -0.2) is 21.2 Å². The highest BCUT2D eigenvalue weighted by Gasteiger charge is 2.29. The van der Waals surface area contributed by atoms with E-state index in [4.69, 9.17) is 4.74 Å². The van der Waals surface area contributed by atoms with Gasteiger partial charge in [0, 0.05) is 18.8 Å². The van der Waals surface area contributed by atoms with Crippen LogP contribution in [0.1, 0.15) is 18.1 Å². The molecule has 170 valence electrons. The summed E-state index contributed by atoms with van der Waals surface area (Å²) in [6.45, 7) is 2.46. The van der Waals surface area contributed by atoms with Gasteiger partial charge < -0.3 is 4.74 Å². The maximum absolute atomic E-state index is 14.1. The van der Waals surface area contributed by atoms with E-state index in [1.54, 1.807) is 42.6 Å². The zero-order chi connectivity index (χ0) is 22.9. The van der Waals surface area contributed by atoms with Gasteiger partial charge in [-0.15, -0.1) is 11.3 Å². The summed E-state index contributed by atoms with van der Waals surface area (Å²) in [6, 6.07) is 11.7. The van der Waals surface area contributed by atoms with Crippen LogP contribution in [0.25, 0.3) is 0 Å². The summed E-state index contributed by atoms with van der Waals surface area (Å²) in [6.07, 6.45) is 0.525. The summed E-state index contributed by atoms with van der Waals surface area (Å²) in [5.41, 5.74) is 1.94. The third-order valence-corrected chi connectivity index (χ3v) is 9.64. The average molecular weight is 497 g/mol. The molecule has 1 aliphatic heterocycles. The van der Waals surface area contributed by atoms with Crippen LogP contribution in [0.15, 0.2) is 63.0 Å². The van der Waals surface area contributed by atoms with E-state index < -0.39 is 25.9 Å². The summed E-state index contributed by atoms with van der Waals surface area (Å²) in [5, 5.41) is 1.71. The molecule has 0 saturated heterocycles. The summed E-state index contributed by atoms with van der Waals surface area (Å²) < 4.78 is 74.5. The molecule has 2 heterocycles. The summed E-state index contributed by atoms with van der Waals surface area (Å²) in [4.78, 5) is -0.238. The number of rotatable bonds is 7. The van der Waals surface area contributed by atoms with Gasteiger partial charge in [0.15, 0.2) is 11.6 Å². The van der Waals surface area contributed by atoms with Crippen molar-refractivity contribution in [1.82, 2.24) is 4.31 Å². The van der Waals surface area contributed by atoms with E-state index in [1.165, 1.54) is 16.4 Å². The van der Waals surface area contributed by atoms with Crippen LogP contribution in [0.5, 0.6) is 5.75 Å². The number of hydrogen-bond acceptors (Lipinski definition) is 6. The van der Waals surface area contributed by atoms with Gasteiger partial charge in [0.1, 0.15) is 4.21 Å². The molecule has 0 atom stereocenters. The van der Waals surface area contributed by atoms with Crippen molar-refractivity contribution in [3.8, 4) is 5.75 Å². The van der Waals surface area contributed by atoms with Crippen molar-refractivity contribution < 1.29 is 26.0 Å². The van der Waals surface area contributed by atoms with Crippen LogP contribution in [0.4, 0.5) is 10.1 Å². The second-order valence-electron chi connectivity index (χ2n) is 7.13. The third kappa shape index (κ3) is 4.51. The SMILES string of the molecule is CCOc1ccc(S(=O)(=O)Nc2ccc3c(c2)CN(S(=O)(=O)c2cccs2)CC3)cc1F. The molecule has 1 N–H and O–H groups in total.